The van der Waals surface area contributed by atoms with Gasteiger partial charge in [-0.05, 0) is 55.9 Å². The van der Waals surface area contributed by atoms with E-state index in [1.165, 1.54) is 41.5 Å². The van der Waals surface area contributed by atoms with Crippen LogP contribution in [0.3, 0.4) is 0 Å². The van der Waals surface area contributed by atoms with E-state index in [0.29, 0.717) is 31.0 Å². The summed E-state index contributed by atoms with van der Waals surface area (Å²) in [7, 11) is 4.08. The molecule has 2 amide bonds. The molecule has 166 valence electrons. The van der Waals surface area contributed by atoms with Crippen molar-refractivity contribution in [3.05, 3.63) is 82.9 Å². The van der Waals surface area contributed by atoms with E-state index in [2.05, 4.69) is 39.6 Å². The Balaban J connectivity index is 1.37. The van der Waals surface area contributed by atoms with Crippen LogP contribution in [0.25, 0.3) is 0 Å². The highest BCUT2D eigenvalue weighted by Crippen LogP contribution is 2.17. The van der Waals surface area contributed by atoms with Crippen molar-refractivity contribution in [2.75, 3.05) is 32.5 Å². The molecule has 0 bridgehead atoms. The van der Waals surface area contributed by atoms with Crippen molar-refractivity contribution >= 4 is 17.5 Å². The highest BCUT2D eigenvalue weighted by Gasteiger charge is 2.27. The Kier molecular flexibility index (Phi) is 6.32. The maximum atomic E-state index is 13.0. The third kappa shape index (κ3) is 5.03. The molecule has 0 unspecified atom stereocenters. The molecule has 3 aromatic rings. The third-order valence-electron chi connectivity index (χ3n) is 5.39. The first-order valence-electron chi connectivity index (χ1n) is 10.6. The van der Waals surface area contributed by atoms with Crippen LogP contribution in [0.4, 0.5) is 10.1 Å². The van der Waals surface area contributed by atoms with Gasteiger partial charge in [-0.25, -0.2) is 4.39 Å². The second-order valence-corrected chi connectivity index (χ2v) is 8.20. The molecular weight excluding hydrogens is 409 g/mol. The van der Waals surface area contributed by atoms with E-state index in [4.69, 9.17) is 0 Å². The third-order valence-corrected chi connectivity index (χ3v) is 5.39. The van der Waals surface area contributed by atoms with Gasteiger partial charge < -0.3 is 15.1 Å². The van der Waals surface area contributed by atoms with E-state index in [1.54, 1.807) is 9.58 Å². The normalized spacial score (nSPS) is 13.4. The lowest BCUT2D eigenvalue weighted by atomic mass is 10.1. The second-order valence-electron chi connectivity index (χ2n) is 8.20. The van der Waals surface area contributed by atoms with Crippen LogP contribution in [0, 0.1) is 5.82 Å². The average molecular weight is 436 g/mol. The maximum Gasteiger partial charge on any atom is 0.276 e. The van der Waals surface area contributed by atoms with Gasteiger partial charge in [0.1, 0.15) is 11.5 Å². The van der Waals surface area contributed by atoms with Gasteiger partial charge in [-0.15, -0.1) is 0 Å². The number of carbonyl (C=O) groups excluding carboxylic acids is 2. The molecule has 7 nitrogen and oxygen atoms in total. The SMILES string of the molecule is CN(C)Cc1ccc(CCN2CCn3nc(C(=O)Nc4ccc(F)cc4)cc3C2=O)cc1. The number of halogens is 1. The summed E-state index contributed by atoms with van der Waals surface area (Å²) in [6.45, 7) is 2.58. The Labute approximate surface area is 186 Å². The highest BCUT2D eigenvalue weighted by molar-refractivity contribution is 6.04. The number of hydrogen-bond acceptors (Lipinski definition) is 4. The molecule has 8 heteroatoms. The number of aromatic nitrogens is 2. The molecule has 1 aliphatic rings. The van der Waals surface area contributed by atoms with E-state index in [9.17, 15) is 14.0 Å². The van der Waals surface area contributed by atoms with Gasteiger partial charge in [0.15, 0.2) is 5.69 Å². The minimum Gasteiger partial charge on any atom is -0.335 e. The Morgan fingerprint density at radius 3 is 2.44 bits per heavy atom. The molecule has 2 aromatic carbocycles. The zero-order chi connectivity index (χ0) is 22.7. The average Bonchev–Trinajstić information content (AvgIpc) is 3.21. The van der Waals surface area contributed by atoms with Crippen molar-refractivity contribution in [1.29, 1.82) is 0 Å². The van der Waals surface area contributed by atoms with Crippen LogP contribution in [-0.4, -0.2) is 58.6 Å². The van der Waals surface area contributed by atoms with E-state index in [-0.39, 0.29) is 17.4 Å². The van der Waals surface area contributed by atoms with Crippen molar-refractivity contribution in [2.24, 2.45) is 0 Å². The van der Waals surface area contributed by atoms with Crippen molar-refractivity contribution in [3.63, 3.8) is 0 Å². The summed E-state index contributed by atoms with van der Waals surface area (Å²) in [5.41, 5.74) is 3.46. The van der Waals surface area contributed by atoms with Crippen LogP contribution in [0.2, 0.25) is 0 Å². The molecule has 32 heavy (non-hydrogen) atoms. The molecule has 0 saturated carbocycles. The van der Waals surface area contributed by atoms with E-state index in [0.717, 1.165) is 13.0 Å². The fourth-order valence-corrected chi connectivity index (χ4v) is 3.73. The largest absolute Gasteiger partial charge is 0.335 e. The van der Waals surface area contributed by atoms with Crippen LogP contribution >= 0.6 is 0 Å². The Hall–Kier alpha value is -3.52. The van der Waals surface area contributed by atoms with Gasteiger partial charge in [0.05, 0.1) is 6.54 Å². The Bertz CT molecular complexity index is 1110. The summed E-state index contributed by atoms with van der Waals surface area (Å²) in [6.07, 6.45) is 0.764. The van der Waals surface area contributed by atoms with Crippen LogP contribution in [0.1, 0.15) is 32.1 Å². The number of anilines is 1. The van der Waals surface area contributed by atoms with Crippen LogP contribution in [0.5, 0.6) is 0 Å². The van der Waals surface area contributed by atoms with E-state index >= 15 is 0 Å². The van der Waals surface area contributed by atoms with Crippen LogP contribution in [0.15, 0.2) is 54.6 Å². The monoisotopic (exact) mass is 435 g/mol. The molecule has 1 N–H and O–H groups in total. The van der Waals surface area contributed by atoms with Gasteiger partial charge in [-0.3, -0.25) is 14.3 Å². The Morgan fingerprint density at radius 1 is 1.06 bits per heavy atom. The zero-order valence-electron chi connectivity index (χ0n) is 18.2. The minimum absolute atomic E-state index is 0.131. The number of benzene rings is 2. The smallest absolute Gasteiger partial charge is 0.276 e. The summed E-state index contributed by atoms with van der Waals surface area (Å²) in [4.78, 5) is 29.4. The van der Waals surface area contributed by atoms with Crippen LogP contribution in [-0.2, 0) is 19.5 Å². The molecule has 0 radical (unpaired) electrons. The molecule has 4 rings (SSSR count). The zero-order valence-corrected chi connectivity index (χ0v) is 18.2. The van der Waals surface area contributed by atoms with Gasteiger partial charge in [0, 0.05) is 31.4 Å². The number of nitrogens with one attached hydrogen (secondary N) is 1. The molecule has 2 heterocycles. The van der Waals surface area contributed by atoms with Gasteiger partial charge in [-0.1, -0.05) is 24.3 Å². The fourth-order valence-electron chi connectivity index (χ4n) is 3.73. The van der Waals surface area contributed by atoms with Crippen molar-refractivity contribution in [2.45, 2.75) is 19.5 Å². The van der Waals surface area contributed by atoms with E-state index < -0.39 is 5.91 Å². The van der Waals surface area contributed by atoms with Crippen molar-refractivity contribution < 1.29 is 14.0 Å². The number of rotatable bonds is 7. The van der Waals surface area contributed by atoms with E-state index in [1.807, 2.05) is 14.1 Å². The molecule has 1 aliphatic heterocycles. The second kappa shape index (κ2) is 9.32. The number of hydrogen-bond donors (Lipinski definition) is 1. The van der Waals surface area contributed by atoms with Gasteiger partial charge in [0.25, 0.3) is 11.8 Å². The van der Waals surface area contributed by atoms with Crippen LogP contribution < -0.4 is 5.32 Å². The fraction of sp³-hybridized carbons (Fsp3) is 0.292. The first-order valence-corrected chi connectivity index (χ1v) is 10.6. The topological polar surface area (TPSA) is 70.5 Å². The van der Waals surface area contributed by atoms with Crippen molar-refractivity contribution in [1.82, 2.24) is 19.6 Å². The minimum atomic E-state index is -0.435. The van der Waals surface area contributed by atoms with Gasteiger partial charge in [0.2, 0.25) is 0 Å². The summed E-state index contributed by atoms with van der Waals surface area (Å²) in [5.74, 6) is -0.944. The lowest BCUT2D eigenvalue weighted by Gasteiger charge is -2.27. The number of carbonyl (C=O) groups is 2. The predicted octanol–water partition coefficient (Wildman–Crippen LogP) is 3.03. The number of nitrogens with zero attached hydrogens (tertiary/aromatic N) is 4. The maximum absolute atomic E-state index is 13.0. The Morgan fingerprint density at radius 2 is 1.75 bits per heavy atom. The molecular formula is C24H26FN5O2. The summed E-state index contributed by atoms with van der Waals surface area (Å²) < 4.78 is 14.6. The summed E-state index contributed by atoms with van der Waals surface area (Å²) in [5, 5.41) is 6.95. The number of fused-ring (bicyclic) bond motifs is 1. The molecule has 0 aliphatic carbocycles. The number of amides is 2. The van der Waals surface area contributed by atoms with Gasteiger partial charge in [-0.2, -0.15) is 5.10 Å². The summed E-state index contributed by atoms with van der Waals surface area (Å²) >= 11 is 0. The summed E-state index contributed by atoms with van der Waals surface area (Å²) in [6, 6.07) is 15.5. The molecule has 1 aromatic heterocycles. The first kappa shape index (κ1) is 21.7. The highest BCUT2D eigenvalue weighted by atomic mass is 19.1. The quantitative estimate of drug-likeness (QED) is 0.619. The lowest BCUT2D eigenvalue weighted by molar-refractivity contribution is 0.0699. The molecule has 0 fully saturated rings. The van der Waals surface area contributed by atoms with Crippen molar-refractivity contribution in [3.8, 4) is 0 Å². The standard InChI is InChI=1S/C24H26FN5O2/c1-28(2)16-18-5-3-17(4-6-18)11-12-29-13-14-30-22(24(29)32)15-21(27-30)23(31)26-20-9-7-19(25)8-10-20/h3-10,15H,11-14,16H2,1-2H3,(H,26,31). The first-order chi connectivity index (χ1) is 15.4. The molecule has 0 atom stereocenters. The molecule has 0 saturated heterocycles. The van der Waals surface area contributed by atoms with Gasteiger partial charge >= 0.3 is 0 Å². The lowest BCUT2D eigenvalue weighted by Crippen LogP contribution is -2.41. The molecule has 0 spiro atoms. The predicted molar refractivity (Wildman–Crippen MR) is 120 cm³/mol.